The number of ether oxygens (including phenoxy) is 1. The minimum Gasteiger partial charge on any atom is -0.460 e. The Morgan fingerprint density at radius 1 is 1.36 bits per heavy atom. The number of nitrogens with zero attached hydrogens (tertiary/aromatic N) is 1. The van der Waals surface area contributed by atoms with E-state index < -0.39 is 0 Å². The highest BCUT2D eigenvalue weighted by Crippen LogP contribution is 2.16. The van der Waals surface area contributed by atoms with Crippen LogP contribution in [0.3, 0.4) is 0 Å². The zero-order valence-electron chi connectivity index (χ0n) is 8.18. The van der Waals surface area contributed by atoms with E-state index in [-0.39, 0.29) is 12.1 Å². The highest BCUT2D eigenvalue weighted by atomic mass is 16.5. The lowest BCUT2D eigenvalue weighted by Gasteiger charge is -2.11. The summed E-state index contributed by atoms with van der Waals surface area (Å²) < 4.78 is 5.27. The molecule has 0 saturated carbocycles. The van der Waals surface area contributed by atoms with Gasteiger partial charge in [0.2, 0.25) is 0 Å². The van der Waals surface area contributed by atoms with E-state index in [1.807, 2.05) is 25.1 Å². The van der Waals surface area contributed by atoms with Crippen LogP contribution in [0, 0.1) is 0 Å². The fraction of sp³-hybridized carbons (Fsp3) is 0.364. The van der Waals surface area contributed by atoms with E-state index >= 15 is 0 Å². The van der Waals surface area contributed by atoms with Gasteiger partial charge >= 0.3 is 0 Å². The number of amidine groups is 1. The molecule has 0 fully saturated rings. The first-order chi connectivity index (χ1) is 6.75. The summed E-state index contributed by atoms with van der Waals surface area (Å²) >= 11 is 0. The molecule has 1 aromatic carbocycles. The third kappa shape index (κ3) is 1.87. The summed E-state index contributed by atoms with van der Waals surface area (Å²) in [7, 11) is 0. The van der Waals surface area contributed by atoms with Crippen molar-refractivity contribution in [1.82, 2.24) is 0 Å². The zero-order valence-corrected chi connectivity index (χ0v) is 8.18. The number of nitrogens with two attached hydrogens (primary N) is 1. The lowest BCUT2D eigenvalue weighted by atomic mass is 10.0. The quantitative estimate of drug-likeness (QED) is 0.764. The molecule has 0 unspecified atom stereocenters. The van der Waals surface area contributed by atoms with Crippen LogP contribution in [0.2, 0.25) is 0 Å². The van der Waals surface area contributed by atoms with Gasteiger partial charge in [-0.2, -0.15) is 0 Å². The van der Waals surface area contributed by atoms with Crippen LogP contribution in [0.1, 0.15) is 12.5 Å². The van der Waals surface area contributed by atoms with E-state index in [0.717, 1.165) is 6.42 Å². The maximum atomic E-state index is 5.50. The van der Waals surface area contributed by atoms with Gasteiger partial charge in [0, 0.05) is 0 Å². The molecule has 3 nitrogen and oxygen atoms in total. The lowest BCUT2D eigenvalue weighted by molar-refractivity contribution is 0.209. The molecule has 2 N–H and O–H groups in total. The number of hydrogen-bond donors (Lipinski definition) is 1. The normalized spacial score (nSPS) is 25.6. The maximum Gasteiger partial charge on any atom is 0.282 e. The second-order valence-corrected chi connectivity index (χ2v) is 3.55. The van der Waals surface area contributed by atoms with Crippen molar-refractivity contribution in [3.05, 3.63) is 35.9 Å². The molecule has 0 spiro atoms. The molecule has 2 atom stereocenters. The van der Waals surface area contributed by atoms with Crippen molar-refractivity contribution in [2.75, 3.05) is 0 Å². The van der Waals surface area contributed by atoms with Gasteiger partial charge in [0.1, 0.15) is 6.10 Å². The summed E-state index contributed by atoms with van der Waals surface area (Å²) in [4.78, 5) is 4.24. The molecule has 1 aliphatic rings. The van der Waals surface area contributed by atoms with Gasteiger partial charge in [-0.05, 0) is 18.9 Å². The number of rotatable bonds is 2. The highest BCUT2D eigenvalue weighted by molar-refractivity contribution is 5.73. The van der Waals surface area contributed by atoms with Crippen LogP contribution in [-0.4, -0.2) is 18.2 Å². The SMILES string of the molecule is C[C@H]1OC(N)=N[C@H]1Cc1ccccc1. The van der Waals surface area contributed by atoms with Gasteiger partial charge in [0.05, 0.1) is 6.04 Å². The maximum absolute atomic E-state index is 5.50. The number of hydrogen-bond acceptors (Lipinski definition) is 3. The third-order valence-corrected chi connectivity index (χ3v) is 2.43. The Bertz CT molecular complexity index is 334. The van der Waals surface area contributed by atoms with Gasteiger partial charge in [-0.1, -0.05) is 30.3 Å². The molecular formula is C11H14N2O. The first-order valence-corrected chi connectivity index (χ1v) is 4.79. The van der Waals surface area contributed by atoms with Gasteiger partial charge < -0.3 is 10.5 Å². The molecule has 14 heavy (non-hydrogen) atoms. The lowest BCUT2D eigenvalue weighted by Crippen LogP contribution is -2.21. The average molecular weight is 190 g/mol. The molecule has 0 radical (unpaired) electrons. The molecule has 0 bridgehead atoms. The number of benzene rings is 1. The predicted molar refractivity (Wildman–Crippen MR) is 56.1 cm³/mol. The van der Waals surface area contributed by atoms with E-state index in [1.54, 1.807) is 0 Å². The Balaban J connectivity index is 2.05. The van der Waals surface area contributed by atoms with Gasteiger partial charge in [-0.3, -0.25) is 0 Å². The first kappa shape index (κ1) is 9.06. The summed E-state index contributed by atoms with van der Waals surface area (Å²) in [5.74, 6) is 0. The van der Waals surface area contributed by atoms with Crippen LogP contribution in [0.15, 0.2) is 35.3 Å². The van der Waals surface area contributed by atoms with Crippen molar-refractivity contribution in [3.63, 3.8) is 0 Å². The Morgan fingerprint density at radius 2 is 2.07 bits per heavy atom. The second-order valence-electron chi connectivity index (χ2n) is 3.55. The third-order valence-electron chi connectivity index (χ3n) is 2.43. The Morgan fingerprint density at radius 3 is 2.64 bits per heavy atom. The largest absolute Gasteiger partial charge is 0.460 e. The molecular weight excluding hydrogens is 176 g/mol. The predicted octanol–water partition coefficient (Wildman–Crippen LogP) is 1.33. The van der Waals surface area contributed by atoms with Crippen LogP contribution < -0.4 is 5.73 Å². The molecule has 0 amide bonds. The van der Waals surface area contributed by atoms with E-state index in [4.69, 9.17) is 10.5 Å². The molecule has 3 heteroatoms. The monoisotopic (exact) mass is 190 g/mol. The number of aliphatic imine (C=N–C) groups is 1. The molecule has 0 aliphatic carbocycles. The van der Waals surface area contributed by atoms with Gasteiger partial charge in [0.15, 0.2) is 0 Å². The summed E-state index contributed by atoms with van der Waals surface area (Å²) in [5.41, 5.74) is 6.77. The van der Waals surface area contributed by atoms with Crippen molar-refractivity contribution < 1.29 is 4.74 Å². The molecule has 2 rings (SSSR count). The molecule has 0 aromatic heterocycles. The Labute approximate surface area is 83.6 Å². The Hall–Kier alpha value is -1.51. The Kier molecular flexibility index (Phi) is 2.39. The van der Waals surface area contributed by atoms with Crippen molar-refractivity contribution >= 4 is 6.02 Å². The molecule has 1 aliphatic heterocycles. The van der Waals surface area contributed by atoms with Crippen LogP contribution in [0.5, 0.6) is 0 Å². The van der Waals surface area contributed by atoms with E-state index in [1.165, 1.54) is 5.56 Å². The fourth-order valence-corrected chi connectivity index (χ4v) is 1.64. The molecule has 74 valence electrons. The first-order valence-electron chi connectivity index (χ1n) is 4.79. The molecule has 1 aromatic rings. The second kappa shape index (κ2) is 3.70. The van der Waals surface area contributed by atoms with Crippen LogP contribution >= 0.6 is 0 Å². The smallest absolute Gasteiger partial charge is 0.282 e. The fourth-order valence-electron chi connectivity index (χ4n) is 1.64. The van der Waals surface area contributed by atoms with E-state index in [9.17, 15) is 0 Å². The zero-order chi connectivity index (χ0) is 9.97. The standard InChI is InChI=1S/C11H14N2O/c1-8-10(13-11(12)14-8)7-9-5-3-2-4-6-9/h2-6,8,10H,7H2,1H3,(H2,12,13)/t8-,10+/m1/s1. The van der Waals surface area contributed by atoms with Crippen molar-refractivity contribution in [1.29, 1.82) is 0 Å². The van der Waals surface area contributed by atoms with Gasteiger partial charge in [0.25, 0.3) is 6.02 Å². The van der Waals surface area contributed by atoms with Gasteiger partial charge in [-0.15, -0.1) is 0 Å². The minimum atomic E-state index is 0.0928. The highest BCUT2D eigenvalue weighted by Gasteiger charge is 2.25. The topological polar surface area (TPSA) is 47.6 Å². The van der Waals surface area contributed by atoms with Gasteiger partial charge in [-0.25, -0.2) is 4.99 Å². The van der Waals surface area contributed by atoms with Crippen molar-refractivity contribution in [3.8, 4) is 0 Å². The van der Waals surface area contributed by atoms with Crippen LogP contribution in [-0.2, 0) is 11.2 Å². The van der Waals surface area contributed by atoms with Crippen molar-refractivity contribution in [2.24, 2.45) is 10.7 Å². The average Bonchev–Trinajstić information content (AvgIpc) is 2.47. The van der Waals surface area contributed by atoms with E-state index in [0.29, 0.717) is 6.02 Å². The molecule has 0 saturated heterocycles. The summed E-state index contributed by atoms with van der Waals surface area (Å²) in [6, 6.07) is 10.7. The van der Waals surface area contributed by atoms with Crippen molar-refractivity contribution in [2.45, 2.75) is 25.5 Å². The summed E-state index contributed by atoms with van der Waals surface area (Å²) in [6.07, 6.45) is 0.984. The summed E-state index contributed by atoms with van der Waals surface area (Å²) in [6.45, 7) is 2.00. The van der Waals surface area contributed by atoms with Crippen LogP contribution in [0.4, 0.5) is 0 Å². The van der Waals surface area contributed by atoms with Crippen LogP contribution in [0.25, 0.3) is 0 Å². The van der Waals surface area contributed by atoms with E-state index in [2.05, 4.69) is 17.1 Å². The molecule has 1 heterocycles. The minimum absolute atomic E-state index is 0.0928. The summed E-state index contributed by atoms with van der Waals surface area (Å²) in [5, 5.41) is 0.